The Morgan fingerprint density at radius 3 is 2.67 bits per heavy atom. The Kier molecular flexibility index (Phi) is 4.65. The number of aromatic carboxylic acids is 1. The van der Waals surface area contributed by atoms with Gasteiger partial charge in [0.1, 0.15) is 12.4 Å². The minimum Gasteiger partial charge on any atom is -0.494 e. The van der Waals surface area contributed by atoms with Crippen LogP contribution in [0.3, 0.4) is 0 Å². The van der Waals surface area contributed by atoms with Gasteiger partial charge in [0.2, 0.25) is 0 Å². The van der Waals surface area contributed by atoms with Crippen molar-refractivity contribution in [3.8, 4) is 11.5 Å². The van der Waals surface area contributed by atoms with Gasteiger partial charge in [-0.05, 0) is 24.3 Å². The van der Waals surface area contributed by atoms with Crippen LogP contribution in [0.2, 0.25) is 5.02 Å². The monoisotopic (exact) mass is 310 g/mol. The molecule has 0 bridgehead atoms. The molecule has 0 aliphatic rings. The summed E-state index contributed by atoms with van der Waals surface area (Å²) >= 11 is 5.93. The Balaban J connectivity index is 2.15. The van der Waals surface area contributed by atoms with Crippen LogP contribution in [0.4, 0.5) is 4.39 Å². The molecule has 110 valence electrons. The maximum absolute atomic E-state index is 13.9. The molecule has 0 saturated carbocycles. The van der Waals surface area contributed by atoms with E-state index in [-0.39, 0.29) is 28.7 Å². The van der Waals surface area contributed by atoms with Gasteiger partial charge in [0.05, 0.1) is 17.7 Å². The highest BCUT2D eigenvalue weighted by molar-refractivity contribution is 6.32. The molecule has 0 amide bonds. The van der Waals surface area contributed by atoms with Crippen LogP contribution in [0.1, 0.15) is 15.9 Å². The van der Waals surface area contributed by atoms with Gasteiger partial charge in [-0.2, -0.15) is 0 Å². The van der Waals surface area contributed by atoms with Crippen LogP contribution in [0.15, 0.2) is 36.4 Å². The zero-order valence-electron chi connectivity index (χ0n) is 11.1. The van der Waals surface area contributed by atoms with Gasteiger partial charge >= 0.3 is 5.97 Å². The van der Waals surface area contributed by atoms with E-state index in [0.29, 0.717) is 5.56 Å². The Morgan fingerprint density at radius 1 is 1.29 bits per heavy atom. The first-order chi connectivity index (χ1) is 10.0. The maximum Gasteiger partial charge on any atom is 0.335 e. The third-order valence-corrected chi connectivity index (χ3v) is 3.12. The van der Waals surface area contributed by atoms with E-state index in [1.807, 2.05) is 0 Å². The highest BCUT2D eigenvalue weighted by Crippen LogP contribution is 2.27. The van der Waals surface area contributed by atoms with Gasteiger partial charge in [0, 0.05) is 5.56 Å². The lowest BCUT2D eigenvalue weighted by atomic mass is 10.2. The first-order valence-electron chi connectivity index (χ1n) is 6.00. The summed E-state index contributed by atoms with van der Waals surface area (Å²) in [6.07, 6.45) is 0. The van der Waals surface area contributed by atoms with Gasteiger partial charge in [0.15, 0.2) is 11.6 Å². The van der Waals surface area contributed by atoms with Crippen LogP contribution < -0.4 is 9.47 Å². The smallest absolute Gasteiger partial charge is 0.335 e. The number of ether oxygens (including phenoxy) is 2. The lowest BCUT2D eigenvalue weighted by Gasteiger charge is -2.10. The standard InChI is InChI=1S/C15H12ClFO4/c1-20-13-4-2-3-10(14(13)17)8-21-12-6-5-9(15(18)19)7-11(12)16/h2-7H,8H2,1H3,(H,18,19). The van der Waals surface area contributed by atoms with Gasteiger partial charge in [-0.25, -0.2) is 9.18 Å². The second-order valence-corrected chi connectivity index (χ2v) is 4.58. The number of hydrogen-bond acceptors (Lipinski definition) is 3. The van der Waals surface area contributed by atoms with Crippen LogP contribution in [0.5, 0.6) is 11.5 Å². The first kappa shape index (κ1) is 15.1. The molecule has 0 fully saturated rings. The third-order valence-electron chi connectivity index (χ3n) is 2.83. The lowest BCUT2D eigenvalue weighted by molar-refractivity contribution is 0.0697. The second-order valence-electron chi connectivity index (χ2n) is 4.17. The normalized spacial score (nSPS) is 10.2. The van der Waals surface area contributed by atoms with E-state index >= 15 is 0 Å². The highest BCUT2D eigenvalue weighted by Gasteiger charge is 2.11. The molecule has 0 spiro atoms. The fourth-order valence-corrected chi connectivity index (χ4v) is 1.97. The molecular weight excluding hydrogens is 299 g/mol. The molecule has 2 aromatic carbocycles. The van der Waals surface area contributed by atoms with Crippen LogP contribution >= 0.6 is 11.6 Å². The number of methoxy groups -OCH3 is 1. The van der Waals surface area contributed by atoms with E-state index in [1.54, 1.807) is 12.1 Å². The largest absolute Gasteiger partial charge is 0.494 e. The molecule has 4 nitrogen and oxygen atoms in total. The zero-order chi connectivity index (χ0) is 15.4. The Morgan fingerprint density at radius 2 is 2.05 bits per heavy atom. The molecule has 0 aliphatic heterocycles. The molecule has 2 aromatic rings. The molecule has 0 unspecified atom stereocenters. The minimum absolute atomic E-state index is 0.0465. The van der Waals surface area contributed by atoms with Crippen molar-refractivity contribution in [1.29, 1.82) is 0 Å². The summed E-state index contributed by atoms with van der Waals surface area (Å²) in [4.78, 5) is 10.8. The third kappa shape index (κ3) is 3.44. The fourth-order valence-electron chi connectivity index (χ4n) is 1.73. The van der Waals surface area contributed by atoms with Crippen molar-refractivity contribution in [2.45, 2.75) is 6.61 Å². The van der Waals surface area contributed by atoms with Crippen molar-refractivity contribution in [1.82, 2.24) is 0 Å². The molecule has 0 saturated heterocycles. The number of hydrogen-bond donors (Lipinski definition) is 1. The molecule has 6 heteroatoms. The summed E-state index contributed by atoms with van der Waals surface area (Å²) in [6.45, 7) is -0.0465. The zero-order valence-corrected chi connectivity index (χ0v) is 11.9. The Hall–Kier alpha value is -2.27. The van der Waals surface area contributed by atoms with E-state index < -0.39 is 11.8 Å². The van der Waals surface area contributed by atoms with Gasteiger partial charge < -0.3 is 14.6 Å². The van der Waals surface area contributed by atoms with Gasteiger partial charge in [-0.3, -0.25) is 0 Å². The number of benzene rings is 2. The number of halogens is 2. The number of carboxylic acids is 1. The predicted molar refractivity (Wildman–Crippen MR) is 75.7 cm³/mol. The Bertz CT molecular complexity index is 673. The van der Waals surface area contributed by atoms with Crippen LogP contribution in [0.25, 0.3) is 0 Å². The van der Waals surface area contributed by atoms with E-state index in [1.165, 1.54) is 31.4 Å². The van der Waals surface area contributed by atoms with Crippen molar-refractivity contribution >= 4 is 17.6 Å². The van der Waals surface area contributed by atoms with Crippen LogP contribution in [0, 0.1) is 5.82 Å². The first-order valence-corrected chi connectivity index (χ1v) is 6.37. The van der Waals surface area contributed by atoms with E-state index in [4.69, 9.17) is 26.2 Å². The molecule has 0 heterocycles. The van der Waals surface area contributed by atoms with E-state index in [0.717, 1.165) is 0 Å². The van der Waals surface area contributed by atoms with Gasteiger partial charge in [0.25, 0.3) is 0 Å². The minimum atomic E-state index is -1.08. The topological polar surface area (TPSA) is 55.8 Å². The molecule has 0 aromatic heterocycles. The fraction of sp³-hybridized carbons (Fsp3) is 0.133. The van der Waals surface area contributed by atoms with Crippen molar-refractivity contribution in [2.24, 2.45) is 0 Å². The number of carbonyl (C=O) groups is 1. The quantitative estimate of drug-likeness (QED) is 0.913. The van der Waals surface area contributed by atoms with Crippen LogP contribution in [-0.4, -0.2) is 18.2 Å². The van der Waals surface area contributed by atoms with Crippen molar-refractivity contribution in [3.05, 3.63) is 58.4 Å². The summed E-state index contributed by atoms with van der Waals surface area (Å²) in [5, 5.41) is 8.99. The van der Waals surface area contributed by atoms with E-state index in [9.17, 15) is 9.18 Å². The van der Waals surface area contributed by atoms with Crippen molar-refractivity contribution in [2.75, 3.05) is 7.11 Å². The summed E-state index contributed by atoms with van der Waals surface area (Å²) in [5.41, 5.74) is 0.368. The average Bonchev–Trinajstić information content (AvgIpc) is 2.47. The van der Waals surface area contributed by atoms with Crippen molar-refractivity contribution < 1.29 is 23.8 Å². The Labute approximate surface area is 125 Å². The summed E-state index contributed by atoms with van der Waals surface area (Å²) < 4.78 is 24.2. The summed E-state index contributed by atoms with van der Waals surface area (Å²) in [6, 6.07) is 8.80. The van der Waals surface area contributed by atoms with Crippen LogP contribution in [-0.2, 0) is 6.61 Å². The molecule has 1 N–H and O–H groups in total. The number of carboxylic acid groups (broad SMARTS) is 1. The molecule has 0 radical (unpaired) electrons. The summed E-state index contributed by atoms with van der Waals surface area (Å²) in [7, 11) is 1.38. The number of rotatable bonds is 5. The van der Waals surface area contributed by atoms with E-state index in [2.05, 4.69) is 0 Å². The lowest BCUT2D eigenvalue weighted by Crippen LogP contribution is -2.02. The van der Waals surface area contributed by atoms with Gasteiger partial charge in [-0.15, -0.1) is 0 Å². The molecule has 0 atom stereocenters. The SMILES string of the molecule is COc1cccc(COc2ccc(C(=O)O)cc2Cl)c1F. The highest BCUT2D eigenvalue weighted by atomic mass is 35.5. The molecule has 21 heavy (non-hydrogen) atoms. The predicted octanol–water partition coefficient (Wildman–Crippen LogP) is 3.76. The molecular formula is C15H12ClFO4. The van der Waals surface area contributed by atoms with Crippen molar-refractivity contribution in [3.63, 3.8) is 0 Å². The maximum atomic E-state index is 13.9. The van der Waals surface area contributed by atoms with Gasteiger partial charge in [-0.1, -0.05) is 23.7 Å². The average molecular weight is 311 g/mol. The molecule has 0 aliphatic carbocycles. The molecule has 2 rings (SSSR count). The summed E-state index contributed by atoms with van der Waals surface area (Å²) in [5.74, 6) is -1.17. The second kappa shape index (κ2) is 6.45.